The fourth-order valence-electron chi connectivity index (χ4n) is 4.77. The number of ether oxygens (including phenoxy) is 1. The van der Waals surface area contributed by atoms with Crippen molar-refractivity contribution < 1.29 is 14.6 Å². The quantitative estimate of drug-likeness (QED) is 0.494. The van der Waals surface area contributed by atoms with Crippen molar-refractivity contribution in [3.05, 3.63) is 72.3 Å². The summed E-state index contributed by atoms with van der Waals surface area (Å²) >= 11 is 0. The number of aliphatic carboxylic acids is 1. The molecule has 0 aliphatic heterocycles. The van der Waals surface area contributed by atoms with Crippen LogP contribution in [-0.4, -0.2) is 29.3 Å². The molecule has 0 heterocycles. The molecule has 2 atom stereocenters. The summed E-state index contributed by atoms with van der Waals surface area (Å²) in [5, 5.41) is 11.9. The molecule has 4 rings (SSSR count). The highest BCUT2D eigenvalue weighted by atomic mass is 16.5. The lowest BCUT2D eigenvalue weighted by atomic mass is 9.97. The number of hydrogen-bond donors (Lipinski definition) is 1. The topological polar surface area (TPSA) is 49.8 Å². The molecular formula is C27H31NO3. The Morgan fingerprint density at radius 2 is 1.74 bits per heavy atom. The maximum Gasteiger partial charge on any atom is 0.347 e. The molecule has 0 spiro atoms. The zero-order valence-electron chi connectivity index (χ0n) is 18.5. The van der Waals surface area contributed by atoms with E-state index in [0.717, 1.165) is 19.4 Å². The van der Waals surface area contributed by atoms with E-state index in [1.165, 1.54) is 28.4 Å². The highest BCUT2D eigenvalue weighted by Crippen LogP contribution is 2.40. The molecule has 162 valence electrons. The first kappa shape index (κ1) is 21.2. The van der Waals surface area contributed by atoms with Gasteiger partial charge in [-0.05, 0) is 75.1 Å². The Bertz CT molecular complexity index is 1050. The smallest absolute Gasteiger partial charge is 0.347 e. The van der Waals surface area contributed by atoms with Crippen LogP contribution in [0.4, 0.5) is 5.69 Å². The van der Waals surface area contributed by atoms with Crippen LogP contribution in [-0.2, 0) is 4.79 Å². The lowest BCUT2D eigenvalue weighted by Crippen LogP contribution is -2.37. The van der Waals surface area contributed by atoms with E-state index in [4.69, 9.17) is 4.74 Å². The average molecular weight is 418 g/mol. The fraction of sp³-hybridized carbons (Fsp3) is 0.370. The number of carboxylic acids is 1. The lowest BCUT2D eigenvalue weighted by molar-refractivity contribution is -0.152. The van der Waals surface area contributed by atoms with Gasteiger partial charge in [0.25, 0.3) is 0 Å². The van der Waals surface area contributed by atoms with Crippen LogP contribution in [0.2, 0.25) is 0 Å². The normalized spacial score (nSPS) is 18.8. The molecule has 0 bridgehead atoms. The summed E-state index contributed by atoms with van der Waals surface area (Å²) < 4.78 is 5.65. The molecule has 1 saturated carbocycles. The summed E-state index contributed by atoms with van der Waals surface area (Å²) in [6.07, 6.45) is 3.46. The zero-order valence-corrected chi connectivity index (χ0v) is 18.5. The second-order valence-electron chi connectivity index (χ2n) is 8.93. The minimum Gasteiger partial charge on any atom is -0.478 e. The molecule has 3 aromatic carbocycles. The van der Waals surface area contributed by atoms with Crippen LogP contribution in [0.1, 0.15) is 51.5 Å². The Hall–Kier alpha value is -3.01. The Kier molecular flexibility index (Phi) is 5.90. The van der Waals surface area contributed by atoms with Gasteiger partial charge < -0.3 is 14.7 Å². The van der Waals surface area contributed by atoms with Crippen LogP contribution in [0.3, 0.4) is 0 Å². The number of anilines is 1. The summed E-state index contributed by atoms with van der Waals surface area (Å²) in [6.45, 7) is 6.36. The number of benzene rings is 3. The van der Waals surface area contributed by atoms with Gasteiger partial charge in [0, 0.05) is 23.7 Å². The van der Waals surface area contributed by atoms with Crippen molar-refractivity contribution in [2.75, 3.05) is 11.4 Å². The van der Waals surface area contributed by atoms with Crippen LogP contribution >= 0.6 is 0 Å². The van der Waals surface area contributed by atoms with E-state index < -0.39 is 11.6 Å². The summed E-state index contributed by atoms with van der Waals surface area (Å²) in [4.78, 5) is 13.9. The minimum atomic E-state index is -1.24. The van der Waals surface area contributed by atoms with Crippen molar-refractivity contribution in [1.29, 1.82) is 0 Å². The number of carbonyl (C=O) groups is 1. The second-order valence-corrected chi connectivity index (χ2v) is 8.93. The molecule has 0 aromatic heterocycles. The molecule has 0 saturated heterocycles. The predicted molar refractivity (Wildman–Crippen MR) is 126 cm³/mol. The first-order chi connectivity index (χ1) is 14.9. The first-order valence-electron chi connectivity index (χ1n) is 11.2. The summed E-state index contributed by atoms with van der Waals surface area (Å²) in [7, 11) is 0. The van der Waals surface area contributed by atoms with Gasteiger partial charge in [-0.3, -0.25) is 0 Å². The van der Waals surface area contributed by atoms with E-state index in [9.17, 15) is 9.90 Å². The number of carboxylic acid groups (broad SMARTS) is 1. The monoisotopic (exact) mass is 417 g/mol. The maximum atomic E-state index is 11.3. The van der Waals surface area contributed by atoms with Crippen molar-refractivity contribution in [3.63, 3.8) is 0 Å². The van der Waals surface area contributed by atoms with Crippen molar-refractivity contribution >= 4 is 22.4 Å². The molecule has 4 nitrogen and oxygen atoms in total. The minimum absolute atomic E-state index is 0.510. The van der Waals surface area contributed by atoms with Gasteiger partial charge in [-0.25, -0.2) is 4.79 Å². The molecular weight excluding hydrogens is 386 g/mol. The fourth-order valence-corrected chi connectivity index (χ4v) is 4.77. The second kappa shape index (κ2) is 8.62. The third-order valence-corrected chi connectivity index (χ3v) is 6.50. The molecule has 0 amide bonds. The van der Waals surface area contributed by atoms with Gasteiger partial charge in [-0.1, -0.05) is 48.5 Å². The summed E-state index contributed by atoms with van der Waals surface area (Å²) in [5.41, 5.74) is 1.39. The van der Waals surface area contributed by atoms with Crippen LogP contribution in [0.5, 0.6) is 5.75 Å². The molecule has 2 unspecified atom stereocenters. The molecule has 1 N–H and O–H groups in total. The van der Waals surface area contributed by atoms with Crippen LogP contribution < -0.4 is 9.64 Å². The predicted octanol–water partition coefficient (Wildman–Crippen LogP) is 6.24. The van der Waals surface area contributed by atoms with E-state index in [-0.39, 0.29) is 0 Å². The van der Waals surface area contributed by atoms with E-state index in [2.05, 4.69) is 66.4 Å². The molecule has 1 aliphatic carbocycles. The van der Waals surface area contributed by atoms with Crippen molar-refractivity contribution in [3.8, 4) is 5.75 Å². The van der Waals surface area contributed by atoms with Gasteiger partial charge in [0.1, 0.15) is 5.75 Å². The highest BCUT2D eigenvalue weighted by molar-refractivity contribution is 5.94. The Morgan fingerprint density at radius 1 is 1.03 bits per heavy atom. The Labute approximate surface area is 184 Å². The van der Waals surface area contributed by atoms with Gasteiger partial charge in [0.2, 0.25) is 0 Å². The van der Waals surface area contributed by atoms with E-state index in [1.54, 1.807) is 13.8 Å². The molecule has 1 aliphatic rings. The number of rotatable bonds is 7. The van der Waals surface area contributed by atoms with Gasteiger partial charge in [-0.2, -0.15) is 0 Å². The van der Waals surface area contributed by atoms with Crippen LogP contribution in [0.25, 0.3) is 10.8 Å². The maximum absolute atomic E-state index is 11.3. The molecule has 31 heavy (non-hydrogen) atoms. The standard InChI is InChI=1S/C27H31NO3/c1-4-28(25-11-7-9-20-8-5-6-10-24(20)25)22-15-12-21(18-22)19-13-16-23(17-14-19)31-27(2,3)26(29)30/h5-11,13-14,16-17,21-22H,4,12,15,18H2,1-3H3,(H,29,30). The number of fused-ring (bicyclic) bond motifs is 1. The molecule has 3 aromatic rings. The zero-order chi connectivity index (χ0) is 22.0. The van der Waals surface area contributed by atoms with Gasteiger partial charge in [0.05, 0.1) is 0 Å². The van der Waals surface area contributed by atoms with Crippen molar-refractivity contribution in [1.82, 2.24) is 0 Å². The number of nitrogens with zero attached hydrogens (tertiary/aromatic N) is 1. The van der Waals surface area contributed by atoms with Crippen LogP contribution in [0, 0.1) is 0 Å². The molecule has 1 fully saturated rings. The van der Waals surface area contributed by atoms with Gasteiger partial charge in [0.15, 0.2) is 5.60 Å². The van der Waals surface area contributed by atoms with E-state index in [0.29, 0.717) is 17.7 Å². The average Bonchev–Trinajstić information content (AvgIpc) is 3.24. The SMILES string of the molecule is CCN(c1cccc2ccccc12)C1CCC(c2ccc(OC(C)(C)C(=O)O)cc2)C1. The van der Waals surface area contributed by atoms with Crippen LogP contribution in [0.15, 0.2) is 66.7 Å². The number of hydrogen-bond acceptors (Lipinski definition) is 3. The Morgan fingerprint density at radius 3 is 2.45 bits per heavy atom. The van der Waals surface area contributed by atoms with Gasteiger partial charge in [-0.15, -0.1) is 0 Å². The third-order valence-electron chi connectivity index (χ3n) is 6.50. The summed E-state index contributed by atoms with van der Waals surface area (Å²) in [6, 6.07) is 23.7. The van der Waals surface area contributed by atoms with Crippen molar-refractivity contribution in [2.45, 2.75) is 57.6 Å². The Balaban J connectivity index is 1.49. The molecule has 4 heteroatoms. The lowest BCUT2D eigenvalue weighted by Gasteiger charge is -2.31. The van der Waals surface area contributed by atoms with Crippen molar-refractivity contribution in [2.24, 2.45) is 0 Å². The largest absolute Gasteiger partial charge is 0.478 e. The van der Waals surface area contributed by atoms with E-state index >= 15 is 0 Å². The first-order valence-corrected chi connectivity index (χ1v) is 11.2. The summed E-state index contributed by atoms with van der Waals surface area (Å²) in [5.74, 6) is 0.135. The van der Waals surface area contributed by atoms with Gasteiger partial charge >= 0.3 is 5.97 Å². The molecule has 0 radical (unpaired) electrons. The van der Waals surface area contributed by atoms with E-state index in [1.807, 2.05) is 12.1 Å². The third kappa shape index (κ3) is 4.39. The highest BCUT2D eigenvalue weighted by Gasteiger charge is 2.31.